The number of hydrogen-bond donors (Lipinski definition) is 3. The summed E-state index contributed by atoms with van der Waals surface area (Å²) < 4.78 is 26.2. The van der Waals surface area contributed by atoms with Gasteiger partial charge in [-0.3, -0.25) is 5.43 Å². The molecule has 2 rings (SSSR count). The van der Waals surface area contributed by atoms with Crippen molar-refractivity contribution < 1.29 is 8.78 Å². The summed E-state index contributed by atoms with van der Waals surface area (Å²) in [6.07, 6.45) is 1.37. The van der Waals surface area contributed by atoms with Gasteiger partial charge in [0.15, 0.2) is 0 Å². The number of imidazole rings is 1. The predicted octanol–water partition coefficient (Wildman–Crippen LogP) is 1.64. The van der Waals surface area contributed by atoms with Crippen LogP contribution in [0.3, 0.4) is 0 Å². The molecule has 1 heterocycles. The lowest BCUT2D eigenvalue weighted by Crippen LogP contribution is -2.07. The number of nitrogens with one attached hydrogen (secondary N) is 2. The number of rotatable bonds is 2. The van der Waals surface area contributed by atoms with Gasteiger partial charge in [0.25, 0.3) is 0 Å². The second-order valence-electron chi connectivity index (χ2n) is 2.91. The van der Waals surface area contributed by atoms with Crippen LogP contribution in [0.25, 0.3) is 11.3 Å². The van der Waals surface area contributed by atoms with Crippen LogP contribution in [-0.4, -0.2) is 9.97 Å². The molecule has 4 nitrogen and oxygen atoms in total. The normalized spacial score (nSPS) is 10.3. The summed E-state index contributed by atoms with van der Waals surface area (Å²) in [5.74, 6) is 4.35. The first-order valence-electron chi connectivity index (χ1n) is 4.18. The molecule has 0 amide bonds. The minimum absolute atomic E-state index is 0.115. The summed E-state index contributed by atoms with van der Waals surface area (Å²) in [6.45, 7) is 0. The van der Waals surface area contributed by atoms with Crippen LogP contribution in [0.5, 0.6) is 0 Å². The molecule has 6 heteroatoms. The summed E-state index contributed by atoms with van der Waals surface area (Å²) in [7, 11) is 0. The highest BCUT2D eigenvalue weighted by Gasteiger charge is 2.08. The van der Waals surface area contributed by atoms with Gasteiger partial charge in [-0.05, 0) is 18.2 Å². The highest BCUT2D eigenvalue weighted by atomic mass is 19.1. The topological polar surface area (TPSA) is 66.7 Å². The molecule has 1 aromatic carbocycles. The second kappa shape index (κ2) is 3.66. The summed E-state index contributed by atoms with van der Waals surface area (Å²) in [5, 5.41) is 0. The molecule has 0 fully saturated rings. The molecular weight excluding hydrogens is 202 g/mol. The third-order valence-electron chi connectivity index (χ3n) is 1.93. The summed E-state index contributed by atoms with van der Waals surface area (Å²) in [5.41, 5.74) is 2.74. The molecule has 0 spiro atoms. The molecule has 0 bridgehead atoms. The van der Waals surface area contributed by atoms with Crippen LogP contribution in [0.4, 0.5) is 14.7 Å². The third-order valence-corrected chi connectivity index (χ3v) is 1.93. The lowest BCUT2D eigenvalue weighted by Gasteiger charge is -1.99. The van der Waals surface area contributed by atoms with Crippen LogP contribution in [0.2, 0.25) is 0 Å². The van der Waals surface area contributed by atoms with E-state index in [-0.39, 0.29) is 11.5 Å². The monoisotopic (exact) mass is 210 g/mol. The van der Waals surface area contributed by atoms with E-state index < -0.39 is 11.6 Å². The number of nitrogen functional groups attached to an aromatic ring is 1. The number of nitrogens with zero attached hydrogens (tertiary/aromatic N) is 1. The van der Waals surface area contributed by atoms with E-state index in [1.165, 1.54) is 6.20 Å². The predicted molar refractivity (Wildman–Crippen MR) is 51.7 cm³/mol. The number of aromatic nitrogens is 2. The van der Waals surface area contributed by atoms with Gasteiger partial charge in [-0.2, -0.15) is 0 Å². The molecule has 0 radical (unpaired) electrons. The lowest BCUT2D eigenvalue weighted by atomic mass is 10.1. The molecule has 78 valence electrons. The Morgan fingerprint density at radius 3 is 2.80 bits per heavy atom. The summed E-state index contributed by atoms with van der Waals surface area (Å²) in [6, 6.07) is 3.20. The fraction of sp³-hybridized carbons (Fsp3) is 0. The number of hydrogen-bond acceptors (Lipinski definition) is 3. The van der Waals surface area contributed by atoms with Crippen LogP contribution >= 0.6 is 0 Å². The van der Waals surface area contributed by atoms with Crippen molar-refractivity contribution in [2.45, 2.75) is 0 Å². The van der Waals surface area contributed by atoms with Crippen LogP contribution in [0, 0.1) is 11.6 Å². The molecule has 0 aliphatic heterocycles. The van der Waals surface area contributed by atoms with Gasteiger partial charge >= 0.3 is 0 Å². The lowest BCUT2D eigenvalue weighted by molar-refractivity contribution is 0.603. The van der Waals surface area contributed by atoms with Crippen molar-refractivity contribution in [3.63, 3.8) is 0 Å². The molecule has 4 N–H and O–H groups in total. The first kappa shape index (κ1) is 9.60. The SMILES string of the molecule is NNc1ncc(-c2cc(F)ccc2F)[nH]1. The Bertz CT molecular complexity index is 481. The first-order valence-corrected chi connectivity index (χ1v) is 4.18. The van der Waals surface area contributed by atoms with Gasteiger partial charge in [0, 0.05) is 5.56 Å². The molecule has 0 unspecified atom stereocenters. The molecule has 0 aliphatic rings. The highest BCUT2D eigenvalue weighted by Crippen LogP contribution is 2.22. The molecule has 2 aromatic rings. The number of aromatic amines is 1. The molecule has 0 atom stereocenters. The van der Waals surface area contributed by atoms with Crippen LogP contribution < -0.4 is 11.3 Å². The molecule has 15 heavy (non-hydrogen) atoms. The zero-order chi connectivity index (χ0) is 10.8. The van der Waals surface area contributed by atoms with Crippen LogP contribution in [-0.2, 0) is 0 Å². The average Bonchev–Trinajstić information content (AvgIpc) is 2.70. The Morgan fingerprint density at radius 2 is 2.13 bits per heavy atom. The highest BCUT2D eigenvalue weighted by molar-refractivity contribution is 5.61. The summed E-state index contributed by atoms with van der Waals surface area (Å²) in [4.78, 5) is 6.49. The quantitative estimate of drug-likeness (QED) is 0.521. The number of anilines is 1. The van der Waals surface area contributed by atoms with Crippen molar-refractivity contribution >= 4 is 5.95 Å². The Morgan fingerprint density at radius 1 is 1.33 bits per heavy atom. The van der Waals surface area contributed by atoms with Crippen molar-refractivity contribution in [3.05, 3.63) is 36.0 Å². The molecule has 0 aliphatic carbocycles. The Hall–Kier alpha value is -1.95. The van der Waals surface area contributed by atoms with E-state index in [2.05, 4.69) is 15.4 Å². The average molecular weight is 210 g/mol. The number of benzene rings is 1. The van der Waals surface area contributed by atoms with Crippen LogP contribution in [0.15, 0.2) is 24.4 Å². The largest absolute Gasteiger partial charge is 0.323 e. The van der Waals surface area contributed by atoms with Gasteiger partial charge in [0.1, 0.15) is 11.6 Å². The van der Waals surface area contributed by atoms with E-state index in [1.807, 2.05) is 0 Å². The van der Waals surface area contributed by atoms with Gasteiger partial charge in [-0.1, -0.05) is 0 Å². The van der Waals surface area contributed by atoms with E-state index in [1.54, 1.807) is 0 Å². The van der Waals surface area contributed by atoms with E-state index in [9.17, 15) is 8.78 Å². The van der Waals surface area contributed by atoms with Gasteiger partial charge in [0.05, 0.1) is 11.9 Å². The zero-order valence-electron chi connectivity index (χ0n) is 7.59. The van der Waals surface area contributed by atoms with Crippen molar-refractivity contribution in [3.8, 4) is 11.3 Å². The van der Waals surface area contributed by atoms with Gasteiger partial charge in [-0.15, -0.1) is 0 Å². The third kappa shape index (κ3) is 1.79. The summed E-state index contributed by atoms with van der Waals surface area (Å²) >= 11 is 0. The molecular formula is C9H8F2N4. The Kier molecular flexibility index (Phi) is 2.34. The number of halogens is 2. The molecule has 0 saturated heterocycles. The van der Waals surface area contributed by atoms with Crippen molar-refractivity contribution in [1.29, 1.82) is 0 Å². The minimum atomic E-state index is -0.524. The maximum absolute atomic E-state index is 13.3. The van der Waals surface area contributed by atoms with Crippen molar-refractivity contribution in [2.24, 2.45) is 5.84 Å². The van der Waals surface area contributed by atoms with E-state index in [0.717, 1.165) is 18.2 Å². The first-order chi connectivity index (χ1) is 7.20. The zero-order valence-corrected chi connectivity index (χ0v) is 7.59. The standard InChI is InChI=1S/C9H8F2N4/c10-5-1-2-7(11)6(3-5)8-4-13-9(14-8)15-12/h1-4H,12H2,(H2,13,14,15). The van der Waals surface area contributed by atoms with Crippen molar-refractivity contribution in [1.82, 2.24) is 9.97 Å². The number of nitrogens with two attached hydrogens (primary N) is 1. The smallest absolute Gasteiger partial charge is 0.215 e. The molecule has 0 saturated carbocycles. The fourth-order valence-corrected chi connectivity index (χ4v) is 1.24. The second-order valence-corrected chi connectivity index (χ2v) is 2.91. The van der Waals surface area contributed by atoms with Gasteiger partial charge < -0.3 is 4.98 Å². The Balaban J connectivity index is 2.48. The number of hydrazine groups is 1. The van der Waals surface area contributed by atoms with Crippen LogP contribution in [0.1, 0.15) is 0 Å². The fourth-order valence-electron chi connectivity index (χ4n) is 1.24. The maximum Gasteiger partial charge on any atom is 0.215 e. The minimum Gasteiger partial charge on any atom is -0.323 e. The van der Waals surface area contributed by atoms with Crippen molar-refractivity contribution in [2.75, 3.05) is 5.43 Å². The Labute approximate surface area is 84.1 Å². The van der Waals surface area contributed by atoms with Gasteiger partial charge in [-0.25, -0.2) is 19.6 Å². The maximum atomic E-state index is 13.3. The number of H-pyrrole nitrogens is 1. The van der Waals surface area contributed by atoms with E-state index in [4.69, 9.17) is 5.84 Å². The molecule has 1 aromatic heterocycles. The van der Waals surface area contributed by atoms with Gasteiger partial charge in [0.2, 0.25) is 5.95 Å². The van der Waals surface area contributed by atoms with E-state index in [0.29, 0.717) is 5.69 Å². The van der Waals surface area contributed by atoms with E-state index >= 15 is 0 Å².